The van der Waals surface area contributed by atoms with Gasteiger partial charge in [0.2, 0.25) is 0 Å². The van der Waals surface area contributed by atoms with Crippen LogP contribution in [0, 0.1) is 5.92 Å². The van der Waals surface area contributed by atoms with E-state index in [1.54, 1.807) is 0 Å². The van der Waals surface area contributed by atoms with Crippen LogP contribution < -0.4 is 4.74 Å². The first kappa shape index (κ1) is 13.5. The van der Waals surface area contributed by atoms with E-state index in [4.69, 9.17) is 4.74 Å². The number of aromatic nitrogens is 1. The highest BCUT2D eigenvalue weighted by atomic mass is 16.5. The van der Waals surface area contributed by atoms with E-state index in [2.05, 4.69) is 4.98 Å². The number of aromatic amines is 1. The van der Waals surface area contributed by atoms with Gasteiger partial charge >= 0.3 is 5.97 Å². The molecule has 108 valence electrons. The molecule has 1 unspecified atom stereocenters. The standard InChI is InChI=1S/C17H17NO3/c1-10(2)16(17(19)20)21-14-9-5-8-13-15(14)11-6-3-4-7-12(11)18-13/h3-10,16,18H,1-2H3,(H,19,20). The summed E-state index contributed by atoms with van der Waals surface area (Å²) in [6.07, 6.45) is -0.857. The van der Waals surface area contributed by atoms with Gasteiger partial charge in [0.25, 0.3) is 0 Å². The zero-order valence-corrected chi connectivity index (χ0v) is 12.0. The number of aliphatic carboxylic acids is 1. The molecule has 3 rings (SSSR count). The molecule has 1 heterocycles. The highest BCUT2D eigenvalue weighted by molar-refractivity contribution is 6.10. The van der Waals surface area contributed by atoms with Crippen LogP contribution >= 0.6 is 0 Å². The molecule has 0 amide bonds. The fraction of sp³-hybridized carbons (Fsp3) is 0.235. The van der Waals surface area contributed by atoms with Crippen LogP contribution in [0.4, 0.5) is 0 Å². The quantitative estimate of drug-likeness (QED) is 0.765. The van der Waals surface area contributed by atoms with Gasteiger partial charge in [0.05, 0.1) is 5.52 Å². The van der Waals surface area contributed by atoms with Gasteiger partial charge in [0.1, 0.15) is 5.75 Å². The lowest BCUT2D eigenvalue weighted by Gasteiger charge is -2.19. The second-order valence-electron chi connectivity index (χ2n) is 5.47. The average molecular weight is 283 g/mol. The molecule has 3 aromatic rings. The van der Waals surface area contributed by atoms with Crippen molar-refractivity contribution >= 4 is 27.8 Å². The Balaban J connectivity index is 2.16. The number of carboxylic acid groups (broad SMARTS) is 1. The molecule has 1 aromatic heterocycles. The van der Waals surface area contributed by atoms with Crippen molar-refractivity contribution in [3.63, 3.8) is 0 Å². The molecular formula is C17H17NO3. The Morgan fingerprint density at radius 1 is 1.10 bits per heavy atom. The van der Waals surface area contributed by atoms with Gasteiger partial charge in [-0.1, -0.05) is 38.1 Å². The van der Waals surface area contributed by atoms with E-state index in [0.717, 1.165) is 21.8 Å². The van der Waals surface area contributed by atoms with Crippen molar-refractivity contribution in [1.82, 2.24) is 4.98 Å². The minimum atomic E-state index is -0.943. The highest BCUT2D eigenvalue weighted by Gasteiger charge is 2.24. The Morgan fingerprint density at radius 2 is 1.81 bits per heavy atom. The van der Waals surface area contributed by atoms with Crippen molar-refractivity contribution in [2.24, 2.45) is 5.92 Å². The Labute approximate surface area is 122 Å². The van der Waals surface area contributed by atoms with E-state index in [1.165, 1.54) is 0 Å². The summed E-state index contributed by atoms with van der Waals surface area (Å²) >= 11 is 0. The minimum absolute atomic E-state index is 0.108. The normalized spacial score (nSPS) is 12.9. The van der Waals surface area contributed by atoms with Gasteiger partial charge < -0.3 is 14.8 Å². The number of hydrogen-bond acceptors (Lipinski definition) is 2. The maximum atomic E-state index is 11.4. The van der Waals surface area contributed by atoms with Crippen LogP contribution in [0.5, 0.6) is 5.75 Å². The fourth-order valence-electron chi connectivity index (χ4n) is 2.57. The van der Waals surface area contributed by atoms with Gasteiger partial charge in [0, 0.05) is 22.2 Å². The van der Waals surface area contributed by atoms with Crippen LogP contribution in [0.2, 0.25) is 0 Å². The molecule has 21 heavy (non-hydrogen) atoms. The van der Waals surface area contributed by atoms with Crippen LogP contribution in [-0.2, 0) is 4.79 Å². The van der Waals surface area contributed by atoms with E-state index < -0.39 is 12.1 Å². The first-order chi connectivity index (χ1) is 10.1. The Hall–Kier alpha value is -2.49. The van der Waals surface area contributed by atoms with E-state index in [1.807, 2.05) is 56.3 Å². The molecule has 0 saturated heterocycles. The summed E-state index contributed by atoms with van der Waals surface area (Å²) in [7, 11) is 0. The molecule has 0 fully saturated rings. The lowest BCUT2D eigenvalue weighted by molar-refractivity contribution is -0.147. The number of rotatable bonds is 4. The number of fused-ring (bicyclic) bond motifs is 3. The number of nitrogens with one attached hydrogen (secondary N) is 1. The van der Waals surface area contributed by atoms with Crippen molar-refractivity contribution in [3.05, 3.63) is 42.5 Å². The molecular weight excluding hydrogens is 266 g/mol. The maximum absolute atomic E-state index is 11.4. The summed E-state index contributed by atoms with van der Waals surface area (Å²) in [6.45, 7) is 3.68. The predicted octanol–water partition coefficient (Wildman–Crippen LogP) is 3.81. The second kappa shape index (κ2) is 5.13. The van der Waals surface area contributed by atoms with Gasteiger partial charge in [-0.05, 0) is 18.2 Å². The molecule has 4 heteroatoms. The van der Waals surface area contributed by atoms with E-state index >= 15 is 0 Å². The van der Waals surface area contributed by atoms with Crippen LogP contribution in [0.15, 0.2) is 42.5 Å². The lowest BCUT2D eigenvalue weighted by Crippen LogP contribution is -2.32. The van der Waals surface area contributed by atoms with Gasteiger partial charge in [-0.25, -0.2) is 4.79 Å². The SMILES string of the molecule is CC(C)C(Oc1cccc2[nH]c3ccccc3c12)C(=O)O. The summed E-state index contributed by atoms with van der Waals surface area (Å²) in [5.74, 6) is -0.448. The molecule has 0 aliphatic heterocycles. The second-order valence-corrected chi connectivity index (χ2v) is 5.47. The number of H-pyrrole nitrogens is 1. The molecule has 0 bridgehead atoms. The summed E-state index contributed by atoms with van der Waals surface area (Å²) < 4.78 is 5.80. The van der Waals surface area contributed by atoms with Gasteiger partial charge in [0.15, 0.2) is 6.10 Å². The van der Waals surface area contributed by atoms with Crippen molar-refractivity contribution in [1.29, 1.82) is 0 Å². The van der Waals surface area contributed by atoms with Gasteiger partial charge in [-0.15, -0.1) is 0 Å². The van der Waals surface area contributed by atoms with Gasteiger partial charge in [-0.2, -0.15) is 0 Å². The van der Waals surface area contributed by atoms with E-state index in [-0.39, 0.29) is 5.92 Å². The third-order valence-corrected chi connectivity index (χ3v) is 3.59. The molecule has 4 nitrogen and oxygen atoms in total. The summed E-state index contributed by atoms with van der Waals surface area (Å²) in [5, 5.41) is 11.3. The van der Waals surface area contributed by atoms with E-state index in [0.29, 0.717) is 5.75 Å². The van der Waals surface area contributed by atoms with Crippen molar-refractivity contribution in [2.45, 2.75) is 20.0 Å². The average Bonchev–Trinajstić information content (AvgIpc) is 2.83. The van der Waals surface area contributed by atoms with E-state index in [9.17, 15) is 9.90 Å². The number of para-hydroxylation sites is 1. The number of ether oxygens (including phenoxy) is 1. The smallest absolute Gasteiger partial charge is 0.345 e. The third kappa shape index (κ3) is 2.33. The number of benzene rings is 2. The summed E-state index contributed by atoms with van der Waals surface area (Å²) in [5.41, 5.74) is 1.96. The van der Waals surface area contributed by atoms with Crippen LogP contribution in [0.25, 0.3) is 21.8 Å². The van der Waals surface area contributed by atoms with Crippen molar-refractivity contribution in [3.8, 4) is 5.75 Å². The molecule has 0 aliphatic rings. The molecule has 0 spiro atoms. The topological polar surface area (TPSA) is 62.3 Å². The van der Waals surface area contributed by atoms with Crippen LogP contribution in [-0.4, -0.2) is 22.2 Å². The number of hydrogen-bond donors (Lipinski definition) is 2. The minimum Gasteiger partial charge on any atom is -0.478 e. The zero-order valence-electron chi connectivity index (χ0n) is 12.0. The van der Waals surface area contributed by atoms with Crippen LogP contribution in [0.1, 0.15) is 13.8 Å². The molecule has 0 saturated carbocycles. The molecule has 0 aliphatic carbocycles. The zero-order chi connectivity index (χ0) is 15.0. The van der Waals surface area contributed by atoms with Crippen molar-refractivity contribution in [2.75, 3.05) is 0 Å². The summed E-state index contributed by atoms with van der Waals surface area (Å²) in [4.78, 5) is 14.7. The number of carbonyl (C=O) groups is 1. The fourth-order valence-corrected chi connectivity index (χ4v) is 2.57. The molecule has 1 atom stereocenters. The molecule has 0 radical (unpaired) electrons. The maximum Gasteiger partial charge on any atom is 0.345 e. The first-order valence-electron chi connectivity index (χ1n) is 6.97. The Bertz CT molecular complexity index is 804. The highest BCUT2D eigenvalue weighted by Crippen LogP contribution is 2.34. The number of carboxylic acids is 1. The first-order valence-corrected chi connectivity index (χ1v) is 6.97. The van der Waals surface area contributed by atoms with Crippen LogP contribution in [0.3, 0.4) is 0 Å². The Morgan fingerprint density at radius 3 is 2.52 bits per heavy atom. The summed E-state index contributed by atoms with van der Waals surface area (Å²) in [6, 6.07) is 13.6. The Kier molecular flexibility index (Phi) is 3.29. The lowest BCUT2D eigenvalue weighted by atomic mass is 10.1. The monoisotopic (exact) mass is 283 g/mol. The third-order valence-electron chi connectivity index (χ3n) is 3.59. The largest absolute Gasteiger partial charge is 0.478 e. The van der Waals surface area contributed by atoms with Crippen molar-refractivity contribution < 1.29 is 14.6 Å². The molecule has 2 N–H and O–H groups in total. The van der Waals surface area contributed by atoms with Gasteiger partial charge in [-0.3, -0.25) is 0 Å². The predicted molar refractivity (Wildman–Crippen MR) is 82.7 cm³/mol. The molecule has 2 aromatic carbocycles.